The standard InChI is InChI=1S/C13H8N2O2S/c14-8-10-4-2-6-15-12(10)18-11-5-1-3-9(7-11)13(16)17/h1-7H,(H,16,17). The summed E-state index contributed by atoms with van der Waals surface area (Å²) >= 11 is 1.27. The van der Waals surface area contributed by atoms with Crippen molar-refractivity contribution in [3.63, 3.8) is 0 Å². The van der Waals surface area contributed by atoms with Gasteiger partial charge in [-0.15, -0.1) is 0 Å². The van der Waals surface area contributed by atoms with E-state index < -0.39 is 5.97 Å². The predicted molar refractivity (Wildman–Crippen MR) is 66.5 cm³/mol. The fourth-order valence-electron chi connectivity index (χ4n) is 1.36. The maximum absolute atomic E-state index is 10.9. The van der Waals surface area contributed by atoms with Crippen LogP contribution >= 0.6 is 11.8 Å². The number of pyridine rings is 1. The number of benzene rings is 1. The minimum Gasteiger partial charge on any atom is -0.478 e. The van der Waals surface area contributed by atoms with Gasteiger partial charge in [-0.2, -0.15) is 5.26 Å². The Morgan fingerprint density at radius 3 is 2.89 bits per heavy atom. The van der Waals surface area contributed by atoms with Crippen molar-refractivity contribution in [2.45, 2.75) is 9.92 Å². The van der Waals surface area contributed by atoms with E-state index in [1.807, 2.05) is 0 Å². The maximum Gasteiger partial charge on any atom is 0.335 e. The summed E-state index contributed by atoms with van der Waals surface area (Å²) in [6, 6.07) is 12.0. The molecule has 0 aliphatic carbocycles. The summed E-state index contributed by atoms with van der Waals surface area (Å²) in [5.41, 5.74) is 0.692. The van der Waals surface area contributed by atoms with E-state index in [0.29, 0.717) is 10.6 Å². The highest BCUT2D eigenvalue weighted by Crippen LogP contribution is 2.28. The van der Waals surface area contributed by atoms with Crippen LogP contribution in [0, 0.1) is 11.3 Å². The van der Waals surface area contributed by atoms with Crippen LogP contribution in [0.4, 0.5) is 0 Å². The van der Waals surface area contributed by atoms with Crippen molar-refractivity contribution in [2.24, 2.45) is 0 Å². The topological polar surface area (TPSA) is 74.0 Å². The molecule has 0 bridgehead atoms. The lowest BCUT2D eigenvalue weighted by Crippen LogP contribution is -1.95. The van der Waals surface area contributed by atoms with E-state index in [0.717, 1.165) is 4.90 Å². The van der Waals surface area contributed by atoms with Gasteiger partial charge in [-0.25, -0.2) is 9.78 Å². The minimum absolute atomic E-state index is 0.217. The Bertz CT molecular complexity index is 635. The molecule has 0 radical (unpaired) electrons. The number of hydrogen-bond donors (Lipinski definition) is 1. The van der Waals surface area contributed by atoms with Crippen LogP contribution < -0.4 is 0 Å². The number of carboxylic acids is 1. The van der Waals surface area contributed by atoms with Crippen molar-refractivity contribution in [1.82, 2.24) is 4.98 Å². The number of aromatic carboxylic acids is 1. The smallest absolute Gasteiger partial charge is 0.335 e. The van der Waals surface area contributed by atoms with Gasteiger partial charge in [-0.05, 0) is 30.3 Å². The molecular weight excluding hydrogens is 248 g/mol. The summed E-state index contributed by atoms with van der Waals surface area (Å²) in [6.07, 6.45) is 1.60. The molecule has 2 rings (SSSR count). The highest BCUT2D eigenvalue weighted by atomic mass is 32.2. The molecule has 0 saturated carbocycles. The molecule has 0 fully saturated rings. The lowest BCUT2D eigenvalue weighted by atomic mass is 10.2. The van der Waals surface area contributed by atoms with Crippen molar-refractivity contribution in [3.8, 4) is 6.07 Å². The monoisotopic (exact) mass is 256 g/mol. The first kappa shape index (κ1) is 12.1. The van der Waals surface area contributed by atoms with Gasteiger partial charge >= 0.3 is 5.97 Å². The van der Waals surface area contributed by atoms with Crippen LogP contribution in [0.5, 0.6) is 0 Å². The molecule has 0 aliphatic heterocycles. The average molecular weight is 256 g/mol. The number of rotatable bonds is 3. The van der Waals surface area contributed by atoms with Gasteiger partial charge in [0.15, 0.2) is 0 Å². The van der Waals surface area contributed by atoms with Gasteiger partial charge in [-0.3, -0.25) is 0 Å². The Balaban J connectivity index is 2.32. The van der Waals surface area contributed by atoms with Gasteiger partial charge in [0.2, 0.25) is 0 Å². The van der Waals surface area contributed by atoms with E-state index in [-0.39, 0.29) is 5.56 Å². The third kappa shape index (κ3) is 2.67. The summed E-state index contributed by atoms with van der Waals surface area (Å²) in [5.74, 6) is -0.973. The summed E-state index contributed by atoms with van der Waals surface area (Å²) in [4.78, 5) is 15.7. The molecule has 4 nitrogen and oxygen atoms in total. The van der Waals surface area contributed by atoms with Crippen molar-refractivity contribution in [2.75, 3.05) is 0 Å². The van der Waals surface area contributed by atoms with E-state index >= 15 is 0 Å². The summed E-state index contributed by atoms with van der Waals surface area (Å²) < 4.78 is 0. The molecule has 0 atom stereocenters. The zero-order chi connectivity index (χ0) is 13.0. The van der Waals surface area contributed by atoms with Gasteiger partial charge in [0.1, 0.15) is 11.1 Å². The lowest BCUT2D eigenvalue weighted by molar-refractivity contribution is 0.0696. The van der Waals surface area contributed by atoms with Crippen LogP contribution in [0.25, 0.3) is 0 Å². The molecule has 88 valence electrons. The van der Waals surface area contributed by atoms with E-state index in [9.17, 15) is 4.79 Å². The zero-order valence-electron chi connectivity index (χ0n) is 9.20. The number of carbonyl (C=O) groups is 1. The van der Waals surface area contributed by atoms with Crippen LogP contribution in [-0.4, -0.2) is 16.1 Å². The van der Waals surface area contributed by atoms with Gasteiger partial charge in [0.25, 0.3) is 0 Å². The first-order chi connectivity index (χ1) is 8.70. The Kier molecular flexibility index (Phi) is 3.60. The first-order valence-electron chi connectivity index (χ1n) is 5.07. The van der Waals surface area contributed by atoms with Gasteiger partial charge in [0.05, 0.1) is 11.1 Å². The second-order valence-electron chi connectivity index (χ2n) is 3.40. The second-order valence-corrected chi connectivity index (χ2v) is 4.47. The van der Waals surface area contributed by atoms with Crippen molar-refractivity contribution >= 4 is 17.7 Å². The number of nitriles is 1. The highest BCUT2D eigenvalue weighted by Gasteiger charge is 2.07. The molecule has 1 aromatic heterocycles. The van der Waals surface area contributed by atoms with E-state index in [1.165, 1.54) is 17.8 Å². The Morgan fingerprint density at radius 2 is 2.17 bits per heavy atom. The largest absolute Gasteiger partial charge is 0.478 e. The van der Waals surface area contributed by atoms with E-state index in [4.69, 9.17) is 10.4 Å². The van der Waals surface area contributed by atoms with Crippen LogP contribution in [0.15, 0.2) is 52.5 Å². The summed E-state index contributed by atoms with van der Waals surface area (Å²) in [6.45, 7) is 0. The zero-order valence-corrected chi connectivity index (χ0v) is 10.0. The molecule has 1 N–H and O–H groups in total. The molecule has 0 amide bonds. The molecule has 0 aliphatic rings. The van der Waals surface area contributed by atoms with Gasteiger partial charge < -0.3 is 5.11 Å². The first-order valence-corrected chi connectivity index (χ1v) is 5.88. The highest BCUT2D eigenvalue weighted by molar-refractivity contribution is 7.99. The quantitative estimate of drug-likeness (QED) is 0.914. The van der Waals surface area contributed by atoms with Gasteiger partial charge in [0, 0.05) is 11.1 Å². The molecule has 0 spiro atoms. The van der Waals surface area contributed by atoms with Gasteiger partial charge in [-0.1, -0.05) is 17.8 Å². The fourth-order valence-corrected chi connectivity index (χ4v) is 2.25. The molecular formula is C13H8N2O2S. The Morgan fingerprint density at radius 1 is 1.33 bits per heavy atom. The number of carboxylic acid groups (broad SMARTS) is 1. The second kappa shape index (κ2) is 5.34. The van der Waals surface area contributed by atoms with E-state index in [2.05, 4.69) is 11.1 Å². The summed E-state index contributed by atoms with van der Waals surface area (Å²) in [5, 5.41) is 18.4. The lowest BCUT2D eigenvalue weighted by Gasteiger charge is -2.03. The molecule has 18 heavy (non-hydrogen) atoms. The molecule has 1 aromatic carbocycles. The molecule has 2 aromatic rings. The summed E-state index contributed by atoms with van der Waals surface area (Å²) in [7, 11) is 0. The van der Waals surface area contributed by atoms with Crippen molar-refractivity contribution in [1.29, 1.82) is 5.26 Å². The molecule has 0 saturated heterocycles. The molecule has 1 heterocycles. The molecule has 5 heteroatoms. The Labute approximate surface area is 108 Å². The SMILES string of the molecule is N#Cc1cccnc1Sc1cccc(C(=O)O)c1. The van der Waals surface area contributed by atoms with Crippen molar-refractivity contribution in [3.05, 3.63) is 53.7 Å². The number of nitrogens with zero attached hydrogens (tertiary/aromatic N) is 2. The van der Waals surface area contributed by atoms with Crippen LogP contribution in [0.2, 0.25) is 0 Å². The van der Waals surface area contributed by atoms with Crippen molar-refractivity contribution < 1.29 is 9.90 Å². The fraction of sp³-hybridized carbons (Fsp3) is 0. The van der Waals surface area contributed by atoms with Crippen LogP contribution in [0.1, 0.15) is 15.9 Å². The number of aromatic nitrogens is 1. The number of hydrogen-bond acceptors (Lipinski definition) is 4. The van der Waals surface area contributed by atoms with E-state index in [1.54, 1.807) is 36.5 Å². The minimum atomic E-state index is -0.973. The average Bonchev–Trinajstić information content (AvgIpc) is 2.39. The molecule has 0 unspecified atom stereocenters. The Hall–Kier alpha value is -2.32. The third-order valence-electron chi connectivity index (χ3n) is 2.19. The normalized spacial score (nSPS) is 9.72. The third-order valence-corrected chi connectivity index (χ3v) is 3.20. The van der Waals surface area contributed by atoms with Crippen LogP contribution in [-0.2, 0) is 0 Å². The van der Waals surface area contributed by atoms with Crippen LogP contribution in [0.3, 0.4) is 0 Å². The predicted octanol–water partition coefficient (Wildman–Crippen LogP) is 2.80. The maximum atomic E-state index is 10.9.